The van der Waals surface area contributed by atoms with Gasteiger partial charge in [0.25, 0.3) is 10.0 Å². The van der Waals surface area contributed by atoms with Gasteiger partial charge in [-0.1, -0.05) is 23.8 Å². The highest BCUT2D eigenvalue weighted by atomic mass is 32.2. The van der Waals surface area contributed by atoms with E-state index in [2.05, 4.69) is 23.1 Å². The molecule has 5 rings (SSSR count). The zero-order valence-electron chi connectivity index (χ0n) is 20.6. The van der Waals surface area contributed by atoms with Crippen molar-refractivity contribution in [3.63, 3.8) is 0 Å². The highest BCUT2D eigenvalue weighted by Gasteiger charge is 2.56. The Bertz CT molecular complexity index is 1250. The Morgan fingerprint density at radius 1 is 1.11 bits per heavy atom. The van der Waals surface area contributed by atoms with Crippen LogP contribution < -0.4 is 9.47 Å². The van der Waals surface area contributed by atoms with Gasteiger partial charge in [-0.25, -0.2) is 0 Å². The molecule has 188 valence electrons. The van der Waals surface area contributed by atoms with Gasteiger partial charge >= 0.3 is 0 Å². The van der Waals surface area contributed by atoms with E-state index in [9.17, 15) is 13.5 Å². The second kappa shape index (κ2) is 8.80. The lowest BCUT2D eigenvalue weighted by atomic mass is 9.54. The number of aryl methyl sites for hydroxylation is 1. The Morgan fingerprint density at radius 2 is 1.86 bits per heavy atom. The number of methoxy groups -OCH3 is 2. The molecular formula is C26H33N3O5S. The number of aliphatic hydroxyl groups is 1. The van der Waals surface area contributed by atoms with Crippen LogP contribution in [-0.2, 0) is 21.9 Å². The molecule has 3 aliphatic rings. The van der Waals surface area contributed by atoms with Gasteiger partial charge in [0.2, 0.25) is 0 Å². The number of ether oxygens (including phenoxy) is 2. The summed E-state index contributed by atoms with van der Waals surface area (Å²) in [6, 6.07) is 10.9. The van der Waals surface area contributed by atoms with E-state index in [0.29, 0.717) is 17.9 Å². The molecular weight excluding hydrogens is 466 g/mol. The molecule has 4 atom stereocenters. The van der Waals surface area contributed by atoms with E-state index in [1.807, 2.05) is 13.0 Å². The number of fused-ring (bicyclic) bond motifs is 1. The smallest absolute Gasteiger partial charge is 0.281 e. The largest absolute Gasteiger partial charge is 0.493 e. The number of hydrogen-bond donors (Lipinski definition) is 1. The Balaban J connectivity index is 1.65. The molecule has 0 spiro atoms. The predicted molar refractivity (Wildman–Crippen MR) is 133 cm³/mol. The SMILES string of the molecule is COc1ccc2c(c1OC)C13CCN(C)[C@@H](C2)C1C/C=N\N(S(=O)(=O)c1ccc(C)cc1)[C@@H](O)C3. The standard InChI is InChI=1S/C26H33N3O5S/c1-17-5-8-19(9-6-17)35(31,32)29-23(30)16-26-12-14-28(2)21(20(26)11-13-27-29)15-18-7-10-22(33-3)25(34-4)24(18)26/h5-10,13,20-21,23,30H,11-12,14-16H2,1-4H3/b27-13-/t20?,21-,23-,26?/m0/s1. The van der Waals surface area contributed by atoms with Crippen LogP contribution in [0.3, 0.4) is 0 Å². The average molecular weight is 500 g/mol. The van der Waals surface area contributed by atoms with E-state index in [1.165, 1.54) is 0 Å². The van der Waals surface area contributed by atoms with Gasteiger partial charge in [0.15, 0.2) is 17.7 Å². The average Bonchev–Trinajstić information content (AvgIpc) is 2.83. The molecule has 2 aromatic rings. The van der Waals surface area contributed by atoms with Crippen molar-refractivity contribution in [2.45, 2.75) is 55.2 Å². The first kappa shape index (κ1) is 24.1. The summed E-state index contributed by atoms with van der Waals surface area (Å²) in [7, 11) is 1.37. The summed E-state index contributed by atoms with van der Waals surface area (Å²) >= 11 is 0. The normalized spacial score (nSPS) is 29.4. The van der Waals surface area contributed by atoms with E-state index in [4.69, 9.17) is 9.47 Å². The Morgan fingerprint density at radius 3 is 2.54 bits per heavy atom. The highest BCUT2D eigenvalue weighted by molar-refractivity contribution is 7.89. The van der Waals surface area contributed by atoms with E-state index in [0.717, 1.165) is 40.5 Å². The van der Waals surface area contributed by atoms with Crippen LogP contribution in [0.4, 0.5) is 0 Å². The summed E-state index contributed by atoms with van der Waals surface area (Å²) in [4.78, 5) is 2.49. The number of benzene rings is 2. The molecule has 0 aromatic heterocycles. The van der Waals surface area contributed by atoms with Crippen LogP contribution in [0.1, 0.15) is 36.0 Å². The summed E-state index contributed by atoms with van der Waals surface area (Å²) < 4.78 is 39.5. The van der Waals surface area contributed by atoms with Crippen molar-refractivity contribution in [2.24, 2.45) is 11.0 Å². The monoisotopic (exact) mass is 499 g/mol. The minimum absolute atomic E-state index is 0.110. The summed E-state index contributed by atoms with van der Waals surface area (Å²) in [5.41, 5.74) is 2.67. The van der Waals surface area contributed by atoms with E-state index >= 15 is 0 Å². The summed E-state index contributed by atoms with van der Waals surface area (Å²) in [6.45, 7) is 2.74. The van der Waals surface area contributed by atoms with Gasteiger partial charge in [-0.3, -0.25) is 0 Å². The van der Waals surface area contributed by atoms with Gasteiger partial charge in [-0.15, -0.1) is 0 Å². The van der Waals surface area contributed by atoms with Crippen LogP contribution in [0.15, 0.2) is 46.4 Å². The fourth-order valence-electron chi connectivity index (χ4n) is 6.42. The quantitative estimate of drug-likeness (QED) is 0.696. The van der Waals surface area contributed by atoms with Gasteiger partial charge in [0.05, 0.1) is 19.1 Å². The topological polar surface area (TPSA) is 91.7 Å². The first-order chi connectivity index (χ1) is 16.7. The molecule has 1 saturated heterocycles. The van der Waals surface area contributed by atoms with E-state index in [1.54, 1.807) is 44.7 Å². The highest BCUT2D eigenvalue weighted by Crippen LogP contribution is 2.57. The fraction of sp³-hybridized carbons (Fsp3) is 0.500. The van der Waals surface area contributed by atoms with Crippen molar-refractivity contribution in [1.82, 2.24) is 9.31 Å². The molecule has 8 nitrogen and oxygen atoms in total. The van der Waals surface area contributed by atoms with Crippen molar-refractivity contribution >= 4 is 16.2 Å². The number of likely N-dealkylation sites (N-methyl/N-ethyl adjacent to an activating group) is 1. The number of aliphatic hydroxyl groups excluding tert-OH is 1. The van der Waals surface area contributed by atoms with Gasteiger partial charge in [-0.05, 0) is 69.5 Å². The number of nitrogens with zero attached hydrogens (tertiary/aromatic N) is 3. The molecule has 1 fully saturated rings. The van der Waals surface area contributed by atoms with Crippen molar-refractivity contribution < 1.29 is 23.0 Å². The van der Waals surface area contributed by atoms with Crippen LogP contribution in [0.25, 0.3) is 0 Å². The molecule has 1 aliphatic carbocycles. The Labute approximate surface area is 207 Å². The van der Waals surface area contributed by atoms with Crippen molar-refractivity contribution in [3.8, 4) is 11.5 Å². The third kappa shape index (κ3) is 3.72. The van der Waals surface area contributed by atoms with Crippen LogP contribution in [0, 0.1) is 12.8 Å². The minimum Gasteiger partial charge on any atom is -0.493 e. The maximum Gasteiger partial charge on any atom is 0.281 e. The zero-order chi connectivity index (χ0) is 25.0. The van der Waals surface area contributed by atoms with Gasteiger partial charge in [0, 0.05) is 29.7 Å². The summed E-state index contributed by atoms with van der Waals surface area (Å²) in [5, 5.41) is 15.8. The number of piperidine rings is 1. The first-order valence-corrected chi connectivity index (χ1v) is 13.4. The number of rotatable bonds is 4. The van der Waals surface area contributed by atoms with Gasteiger partial charge in [-0.2, -0.15) is 17.9 Å². The van der Waals surface area contributed by atoms with E-state index in [-0.39, 0.29) is 23.3 Å². The molecule has 0 radical (unpaired) electrons. The molecule has 2 aromatic carbocycles. The lowest BCUT2D eigenvalue weighted by Crippen LogP contribution is -2.61. The number of hydrazone groups is 1. The third-order valence-electron chi connectivity index (χ3n) is 8.13. The van der Waals surface area contributed by atoms with Crippen LogP contribution >= 0.6 is 0 Å². The van der Waals surface area contributed by atoms with E-state index < -0.39 is 21.7 Å². The molecule has 0 amide bonds. The van der Waals surface area contributed by atoms with Gasteiger partial charge in [0.1, 0.15) is 0 Å². The van der Waals surface area contributed by atoms with Crippen LogP contribution in [-0.4, -0.2) is 69.1 Å². The lowest BCUT2D eigenvalue weighted by Gasteiger charge is -2.57. The third-order valence-corrected chi connectivity index (χ3v) is 9.83. The Kier molecular flexibility index (Phi) is 6.05. The Hall–Kier alpha value is -2.62. The predicted octanol–water partition coefficient (Wildman–Crippen LogP) is 2.92. The summed E-state index contributed by atoms with van der Waals surface area (Å²) in [5.74, 6) is 1.47. The second-order valence-corrected chi connectivity index (χ2v) is 11.7. The molecule has 9 heteroatoms. The number of likely N-dealkylation sites (tertiary alicyclic amines) is 1. The molecule has 35 heavy (non-hydrogen) atoms. The maximum absolute atomic E-state index is 13.5. The number of hydrogen-bond acceptors (Lipinski definition) is 7. The van der Waals surface area contributed by atoms with Gasteiger partial charge < -0.3 is 19.5 Å². The maximum atomic E-state index is 13.5. The van der Waals surface area contributed by atoms with Crippen LogP contribution in [0.5, 0.6) is 11.5 Å². The second-order valence-electron chi connectivity index (χ2n) is 9.91. The fourth-order valence-corrected chi connectivity index (χ4v) is 7.70. The molecule has 2 heterocycles. The van der Waals surface area contributed by atoms with Crippen molar-refractivity contribution in [2.75, 3.05) is 27.8 Å². The first-order valence-electron chi connectivity index (χ1n) is 12.0. The van der Waals surface area contributed by atoms with Crippen molar-refractivity contribution in [1.29, 1.82) is 0 Å². The molecule has 2 bridgehead atoms. The summed E-state index contributed by atoms with van der Waals surface area (Å²) in [6.07, 6.45) is 2.78. The molecule has 1 N–H and O–H groups in total. The van der Waals surface area contributed by atoms with Crippen LogP contribution in [0.2, 0.25) is 0 Å². The zero-order valence-corrected chi connectivity index (χ0v) is 21.5. The molecule has 2 unspecified atom stereocenters. The number of sulfonamides is 1. The van der Waals surface area contributed by atoms with Crippen molar-refractivity contribution in [3.05, 3.63) is 53.1 Å². The minimum atomic E-state index is -4.03. The molecule has 0 saturated carbocycles. The lowest BCUT2D eigenvalue weighted by molar-refractivity contribution is -0.0320. The molecule has 2 aliphatic heterocycles.